The van der Waals surface area contributed by atoms with E-state index in [9.17, 15) is 9.18 Å². The minimum Gasteiger partial charge on any atom is -0.457 e. The first-order valence-electron chi connectivity index (χ1n) is 10.3. The number of amides is 1. The summed E-state index contributed by atoms with van der Waals surface area (Å²) in [5, 5.41) is 6.10. The molecule has 2 N–H and O–H groups in total. The van der Waals surface area contributed by atoms with Gasteiger partial charge in [-0.15, -0.1) is 0 Å². The Morgan fingerprint density at radius 2 is 2.03 bits per heavy atom. The van der Waals surface area contributed by atoms with Gasteiger partial charge in [-0.1, -0.05) is 53.0 Å². The molecule has 0 radical (unpaired) electrons. The predicted molar refractivity (Wildman–Crippen MR) is 126 cm³/mol. The third-order valence-electron chi connectivity index (χ3n) is 5.38. The van der Waals surface area contributed by atoms with Gasteiger partial charge in [0.25, 0.3) is 5.91 Å². The van der Waals surface area contributed by atoms with Crippen LogP contribution in [0.5, 0.6) is 5.75 Å². The van der Waals surface area contributed by atoms with E-state index in [0.29, 0.717) is 22.4 Å². The number of alkyl halides is 2. The summed E-state index contributed by atoms with van der Waals surface area (Å²) in [5.41, 5.74) is 2.10. The van der Waals surface area contributed by atoms with Crippen molar-refractivity contribution in [3.8, 4) is 5.75 Å². The number of hydrogen-bond acceptors (Lipinski definition) is 3. The van der Waals surface area contributed by atoms with Gasteiger partial charge in [-0.25, -0.2) is 4.39 Å². The Labute approximate surface area is 201 Å². The van der Waals surface area contributed by atoms with Gasteiger partial charge < -0.3 is 15.4 Å². The Morgan fingerprint density at radius 1 is 1.25 bits per heavy atom. The molecular weight excluding hydrogens is 474 g/mol. The lowest BCUT2D eigenvalue weighted by Gasteiger charge is -2.33. The number of rotatable bonds is 7. The van der Waals surface area contributed by atoms with Gasteiger partial charge >= 0.3 is 0 Å². The fourth-order valence-electron chi connectivity index (χ4n) is 3.51. The van der Waals surface area contributed by atoms with Crippen LogP contribution in [-0.2, 0) is 4.79 Å². The molecule has 2 atom stereocenters. The number of nitrogens with one attached hydrogen (secondary N) is 2. The number of halogens is 4. The molecule has 2 aromatic rings. The van der Waals surface area contributed by atoms with Crippen LogP contribution in [0.1, 0.15) is 43.0 Å². The van der Waals surface area contributed by atoms with Crippen LogP contribution < -0.4 is 15.4 Å². The van der Waals surface area contributed by atoms with Crippen LogP contribution in [0, 0.1) is 0 Å². The number of ether oxygens (including phenoxy) is 1. The molecule has 4 nitrogen and oxygen atoms in total. The summed E-state index contributed by atoms with van der Waals surface area (Å²) in [4.78, 5) is 11.3. The van der Waals surface area contributed by atoms with Gasteiger partial charge in [-0.05, 0) is 67.7 Å². The second-order valence-corrected chi connectivity index (χ2v) is 9.37. The van der Waals surface area contributed by atoms with Crippen LogP contribution >= 0.6 is 34.8 Å². The van der Waals surface area contributed by atoms with Gasteiger partial charge in [0, 0.05) is 21.3 Å². The maximum Gasteiger partial charge on any atom is 0.269 e. The summed E-state index contributed by atoms with van der Waals surface area (Å²) < 4.78 is 20.8. The van der Waals surface area contributed by atoms with Gasteiger partial charge in [0.05, 0.1) is 6.54 Å². The average Bonchev–Trinajstić information content (AvgIpc) is 3.59. The van der Waals surface area contributed by atoms with Crippen LogP contribution in [0.4, 0.5) is 4.39 Å². The van der Waals surface area contributed by atoms with Crippen molar-refractivity contribution >= 4 is 40.7 Å². The smallest absolute Gasteiger partial charge is 0.269 e. The summed E-state index contributed by atoms with van der Waals surface area (Å²) in [5.74, 6) is 0.716. The highest BCUT2D eigenvalue weighted by atomic mass is 35.5. The molecule has 8 heteroatoms. The molecule has 0 spiro atoms. The quantitative estimate of drug-likeness (QED) is 0.345. The van der Waals surface area contributed by atoms with Crippen molar-refractivity contribution < 1.29 is 13.9 Å². The lowest BCUT2D eigenvalue weighted by molar-refractivity contribution is -0.124. The first-order chi connectivity index (χ1) is 15.3. The summed E-state index contributed by atoms with van der Waals surface area (Å²) in [6.07, 6.45) is 4.21. The van der Waals surface area contributed by atoms with E-state index in [1.807, 2.05) is 18.2 Å². The standard InChI is InChI=1S/C24H22Cl3FN2O2/c1-14-5-10-22(32-18-4-2-3-16(11-18)15-6-7-15)24(27,30-14)23(31)29-13-21(28)19-9-8-17(25)12-20(19)26/h2-5,8-12,15,21,30H,6-7,13H2,1H3,(H,29,31). The first kappa shape index (κ1) is 23.0. The van der Waals surface area contributed by atoms with Crippen molar-refractivity contribution in [2.45, 2.75) is 36.9 Å². The van der Waals surface area contributed by atoms with Crippen LogP contribution in [0.15, 0.2) is 66.1 Å². The van der Waals surface area contributed by atoms with E-state index in [-0.39, 0.29) is 22.9 Å². The van der Waals surface area contributed by atoms with Gasteiger partial charge in [0.2, 0.25) is 5.00 Å². The van der Waals surface area contributed by atoms with E-state index in [2.05, 4.69) is 16.7 Å². The lowest BCUT2D eigenvalue weighted by atomic mass is 10.1. The monoisotopic (exact) mass is 494 g/mol. The van der Waals surface area contributed by atoms with E-state index >= 15 is 0 Å². The fraction of sp³-hybridized carbons (Fsp3) is 0.292. The molecule has 2 aromatic carbocycles. The van der Waals surface area contributed by atoms with E-state index < -0.39 is 17.1 Å². The van der Waals surface area contributed by atoms with Crippen LogP contribution in [-0.4, -0.2) is 17.5 Å². The molecular formula is C24H22Cl3FN2O2. The van der Waals surface area contributed by atoms with E-state index in [0.717, 1.165) is 0 Å². The predicted octanol–water partition coefficient (Wildman–Crippen LogP) is 6.40. The van der Waals surface area contributed by atoms with Crippen molar-refractivity contribution in [3.63, 3.8) is 0 Å². The van der Waals surface area contributed by atoms with Crippen LogP contribution in [0.25, 0.3) is 0 Å². The average molecular weight is 496 g/mol. The topological polar surface area (TPSA) is 50.4 Å². The molecule has 168 valence electrons. The van der Waals surface area contributed by atoms with E-state index in [1.165, 1.54) is 30.5 Å². The summed E-state index contributed by atoms with van der Waals surface area (Å²) in [6, 6.07) is 12.2. The number of benzene rings is 2. The van der Waals surface area contributed by atoms with Gasteiger partial charge in [-0.3, -0.25) is 4.79 Å². The highest BCUT2D eigenvalue weighted by Gasteiger charge is 2.44. The largest absolute Gasteiger partial charge is 0.457 e. The molecule has 1 amide bonds. The zero-order chi connectivity index (χ0) is 22.9. The van der Waals surface area contributed by atoms with Gasteiger partial charge in [0.1, 0.15) is 11.9 Å². The second kappa shape index (κ2) is 9.34. The maximum absolute atomic E-state index is 14.8. The molecule has 1 aliphatic carbocycles. The number of dihydropyridines is 1. The van der Waals surface area contributed by atoms with Gasteiger partial charge in [-0.2, -0.15) is 0 Å². The fourth-order valence-corrected chi connectivity index (χ4v) is 4.35. The third kappa shape index (κ3) is 5.06. The minimum absolute atomic E-state index is 0.189. The number of allylic oxidation sites excluding steroid dienone is 3. The van der Waals surface area contributed by atoms with E-state index in [1.54, 1.807) is 25.1 Å². The molecule has 1 fully saturated rings. The molecule has 2 aliphatic rings. The van der Waals surface area contributed by atoms with Crippen molar-refractivity contribution in [1.29, 1.82) is 0 Å². The molecule has 1 heterocycles. The Bertz CT molecular complexity index is 1100. The van der Waals surface area contributed by atoms with Crippen molar-refractivity contribution in [1.82, 2.24) is 10.6 Å². The molecule has 4 rings (SSSR count). The molecule has 0 aromatic heterocycles. The third-order valence-corrected chi connectivity index (χ3v) is 6.40. The van der Waals surface area contributed by atoms with Crippen molar-refractivity contribution in [2.24, 2.45) is 0 Å². The van der Waals surface area contributed by atoms with Crippen molar-refractivity contribution in [2.75, 3.05) is 6.54 Å². The SMILES string of the molecule is CC1=CC=C(Oc2cccc(C3CC3)c2)C(Cl)(C(=O)NCC(F)c2ccc(Cl)cc2Cl)N1. The van der Waals surface area contributed by atoms with Crippen LogP contribution in [0.3, 0.4) is 0 Å². The molecule has 0 saturated heterocycles. The Morgan fingerprint density at radius 3 is 2.75 bits per heavy atom. The highest BCUT2D eigenvalue weighted by Crippen LogP contribution is 2.41. The highest BCUT2D eigenvalue weighted by molar-refractivity contribution is 6.37. The maximum atomic E-state index is 14.8. The van der Waals surface area contributed by atoms with Gasteiger partial charge in [0.15, 0.2) is 5.76 Å². The normalized spacial score (nSPS) is 21.2. The Balaban J connectivity index is 1.48. The zero-order valence-electron chi connectivity index (χ0n) is 17.3. The van der Waals surface area contributed by atoms with Crippen molar-refractivity contribution in [3.05, 3.63) is 87.2 Å². The summed E-state index contributed by atoms with van der Waals surface area (Å²) in [7, 11) is 0. The lowest BCUT2D eigenvalue weighted by Crippen LogP contribution is -2.56. The summed E-state index contributed by atoms with van der Waals surface area (Å²) >= 11 is 18.7. The molecule has 32 heavy (non-hydrogen) atoms. The second-order valence-electron chi connectivity index (χ2n) is 7.96. The summed E-state index contributed by atoms with van der Waals surface area (Å²) in [6.45, 7) is 1.46. The zero-order valence-corrected chi connectivity index (χ0v) is 19.6. The first-order valence-corrected chi connectivity index (χ1v) is 11.4. The Hall–Kier alpha value is -2.21. The molecule has 1 aliphatic heterocycles. The van der Waals surface area contributed by atoms with E-state index in [4.69, 9.17) is 39.5 Å². The number of carbonyl (C=O) groups excluding carboxylic acids is 1. The molecule has 2 unspecified atom stereocenters. The Kier molecular flexibility index (Phi) is 6.70. The number of carbonyl (C=O) groups is 1. The minimum atomic E-state index is -1.72. The number of hydrogen-bond donors (Lipinski definition) is 2. The molecule has 1 saturated carbocycles. The van der Waals surface area contributed by atoms with Crippen LogP contribution in [0.2, 0.25) is 10.0 Å². The molecule has 0 bridgehead atoms.